The van der Waals surface area contributed by atoms with Crippen LogP contribution in [0.25, 0.3) is 0 Å². The number of rotatable bonds is 4. The fourth-order valence-corrected chi connectivity index (χ4v) is 6.66. The molecule has 0 bridgehead atoms. The van der Waals surface area contributed by atoms with Crippen molar-refractivity contribution in [1.82, 2.24) is 9.21 Å². The summed E-state index contributed by atoms with van der Waals surface area (Å²) >= 11 is 0. The van der Waals surface area contributed by atoms with Crippen molar-refractivity contribution < 1.29 is 22.7 Å². The molecule has 1 aromatic carbocycles. The van der Waals surface area contributed by atoms with Crippen LogP contribution >= 0.6 is 0 Å². The molecule has 2 atom stereocenters. The summed E-state index contributed by atoms with van der Waals surface area (Å²) in [6.07, 6.45) is 5.10. The number of benzene rings is 1. The van der Waals surface area contributed by atoms with Crippen LogP contribution in [0.4, 0.5) is 0 Å². The number of likely N-dealkylation sites (tertiary alicyclic amines) is 1. The van der Waals surface area contributed by atoms with Crippen LogP contribution < -0.4 is 4.74 Å². The third-order valence-corrected chi connectivity index (χ3v) is 8.39. The Hall–Kier alpha value is -1.64. The SMILES string of the molecule is COCCN1[C@@H]2CCN(C(=O)C3CCCC3)CC[C@H]2Oc2ccccc2S1(=O)=O. The molecule has 2 fully saturated rings. The van der Waals surface area contributed by atoms with Crippen LogP contribution in [0.5, 0.6) is 5.75 Å². The van der Waals surface area contributed by atoms with Gasteiger partial charge in [-0.15, -0.1) is 0 Å². The van der Waals surface area contributed by atoms with E-state index in [9.17, 15) is 13.2 Å². The number of sulfonamides is 1. The Balaban J connectivity index is 1.62. The predicted molar refractivity (Wildman–Crippen MR) is 108 cm³/mol. The molecule has 0 spiro atoms. The monoisotopic (exact) mass is 422 g/mol. The molecule has 0 radical (unpaired) electrons. The molecule has 1 saturated carbocycles. The Morgan fingerprint density at radius 1 is 1.14 bits per heavy atom. The maximum Gasteiger partial charge on any atom is 0.247 e. The van der Waals surface area contributed by atoms with Gasteiger partial charge in [0, 0.05) is 39.1 Å². The summed E-state index contributed by atoms with van der Waals surface area (Å²) < 4.78 is 39.8. The quantitative estimate of drug-likeness (QED) is 0.744. The van der Waals surface area contributed by atoms with E-state index in [0.717, 1.165) is 25.7 Å². The molecule has 0 N–H and O–H groups in total. The fourth-order valence-electron chi connectivity index (χ4n) is 4.88. The van der Waals surface area contributed by atoms with Crippen molar-refractivity contribution in [3.63, 3.8) is 0 Å². The lowest BCUT2D eigenvalue weighted by atomic mass is 10.1. The smallest absolute Gasteiger partial charge is 0.247 e. The molecule has 4 rings (SSSR count). The van der Waals surface area contributed by atoms with E-state index in [0.29, 0.717) is 38.3 Å². The van der Waals surface area contributed by atoms with Crippen molar-refractivity contribution in [2.75, 3.05) is 33.4 Å². The van der Waals surface area contributed by atoms with E-state index in [1.54, 1.807) is 31.4 Å². The summed E-state index contributed by atoms with van der Waals surface area (Å²) in [6, 6.07) is 6.52. The van der Waals surface area contributed by atoms with Gasteiger partial charge in [0.05, 0.1) is 12.6 Å². The third-order valence-electron chi connectivity index (χ3n) is 6.42. The van der Waals surface area contributed by atoms with Gasteiger partial charge < -0.3 is 14.4 Å². The molecule has 0 aromatic heterocycles. The molecule has 29 heavy (non-hydrogen) atoms. The number of para-hydroxylation sites is 1. The number of hydrogen-bond acceptors (Lipinski definition) is 5. The second kappa shape index (κ2) is 8.62. The zero-order valence-corrected chi connectivity index (χ0v) is 17.8. The molecule has 2 heterocycles. The molecule has 1 amide bonds. The number of hydrogen-bond donors (Lipinski definition) is 0. The number of carbonyl (C=O) groups is 1. The zero-order valence-electron chi connectivity index (χ0n) is 17.0. The Morgan fingerprint density at radius 3 is 2.62 bits per heavy atom. The minimum atomic E-state index is -3.71. The Labute approximate surface area is 173 Å². The highest BCUT2D eigenvalue weighted by Crippen LogP contribution is 2.36. The normalized spacial score (nSPS) is 27.4. The van der Waals surface area contributed by atoms with Crippen LogP contribution in [0.1, 0.15) is 38.5 Å². The molecular weight excluding hydrogens is 392 g/mol. The van der Waals surface area contributed by atoms with Crippen molar-refractivity contribution in [3.05, 3.63) is 24.3 Å². The highest BCUT2D eigenvalue weighted by atomic mass is 32.2. The van der Waals surface area contributed by atoms with E-state index in [-0.39, 0.29) is 35.4 Å². The first kappa shape index (κ1) is 20.6. The Morgan fingerprint density at radius 2 is 1.86 bits per heavy atom. The van der Waals surface area contributed by atoms with Gasteiger partial charge in [-0.25, -0.2) is 8.42 Å². The lowest BCUT2D eigenvalue weighted by molar-refractivity contribution is -0.135. The second-order valence-electron chi connectivity index (χ2n) is 8.16. The molecule has 7 nitrogen and oxygen atoms in total. The molecule has 2 aliphatic heterocycles. The first-order valence-electron chi connectivity index (χ1n) is 10.6. The summed E-state index contributed by atoms with van der Waals surface area (Å²) in [5, 5.41) is 0. The van der Waals surface area contributed by atoms with Gasteiger partial charge in [0.25, 0.3) is 0 Å². The van der Waals surface area contributed by atoms with Gasteiger partial charge in [0.1, 0.15) is 16.7 Å². The van der Waals surface area contributed by atoms with Crippen molar-refractivity contribution in [2.45, 2.75) is 55.6 Å². The minimum absolute atomic E-state index is 0.132. The summed E-state index contributed by atoms with van der Waals surface area (Å²) in [6.45, 7) is 1.76. The Kier molecular flexibility index (Phi) is 6.13. The molecule has 1 aromatic rings. The van der Waals surface area contributed by atoms with Crippen LogP contribution in [0.15, 0.2) is 29.2 Å². The number of amides is 1. The van der Waals surface area contributed by atoms with Crippen LogP contribution in [0.2, 0.25) is 0 Å². The second-order valence-corrected chi connectivity index (χ2v) is 10.0. The van der Waals surface area contributed by atoms with Gasteiger partial charge in [0.2, 0.25) is 15.9 Å². The van der Waals surface area contributed by atoms with Gasteiger partial charge in [0.15, 0.2) is 0 Å². The van der Waals surface area contributed by atoms with Gasteiger partial charge in [-0.05, 0) is 31.4 Å². The molecule has 0 unspecified atom stereocenters. The van der Waals surface area contributed by atoms with E-state index < -0.39 is 10.0 Å². The van der Waals surface area contributed by atoms with Crippen LogP contribution in [-0.2, 0) is 19.6 Å². The molecule has 160 valence electrons. The number of fused-ring (bicyclic) bond motifs is 2. The van der Waals surface area contributed by atoms with Gasteiger partial charge in [-0.2, -0.15) is 4.31 Å². The van der Waals surface area contributed by atoms with E-state index >= 15 is 0 Å². The summed E-state index contributed by atoms with van der Waals surface area (Å²) in [5.74, 6) is 0.761. The van der Waals surface area contributed by atoms with Crippen molar-refractivity contribution in [1.29, 1.82) is 0 Å². The summed E-state index contributed by atoms with van der Waals surface area (Å²) in [5.41, 5.74) is 0. The molecule has 1 saturated heterocycles. The van der Waals surface area contributed by atoms with Crippen molar-refractivity contribution >= 4 is 15.9 Å². The predicted octanol–water partition coefficient (Wildman–Crippen LogP) is 2.27. The highest BCUT2D eigenvalue weighted by Gasteiger charge is 2.43. The number of ether oxygens (including phenoxy) is 2. The average Bonchev–Trinajstić information content (AvgIpc) is 3.15. The first-order chi connectivity index (χ1) is 14.0. The van der Waals surface area contributed by atoms with Crippen LogP contribution in [0, 0.1) is 5.92 Å². The van der Waals surface area contributed by atoms with E-state index in [2.05, 4.69) is 0 Å². The standard InChI is InChI=1S/C21H30N2O5S/c1-27-15-14-23-17-10-12-22(21(24)16-6-2-3-7-16)13-11-18(17)28-19-8-4-5-9-20(19)29(23,25)26/h4-5,8-9,16-18H,2-3,6-7,10-15H2,1H3/t17-,18-/m1/s1. The summed E-state index contributed by atoms with van der Waals surface area (Å²) in [4.78, 5) is 15.1. The third kappa shape index (κ3) is 4.02. The first-order valence-corrected chi connectivity index (χ1v) is 12.0. The van der Waals surface area contributed by atoms with E-state index in [4.69, 9.17) is 9.47 Å². The number of nitrogens with zero attached hydrogens (tertiary/aromatic N) is 2. The largest absolute Gasteiger partial charge is 0.487 e. The number of methoxy groups -OCH3 is 1. The zero-order chi connectivity index (χ0) is 20.4. The highest BCUT2D eigenvalue weighted by molar-refractivity contribution is 7.89. The lowest BCUT2D eigenvalue weighted by Crippen LogP contribution is -2.48. The van der Waals surface area contributed by atoms with Gasteiger partial charge >= 0.3 is 0 Å². The molecule has 3 aliphatic rings. The topological polar surface area (TPSA) is 76.2 Å². The Bertz CT molecular complexity index is 837. The van der Waals surface area contributed by atoms with E-state index in [1.807, 2.05) is 4.90 Å². The average molecular weight is 423 g/mol. The van der Waals surface area contributed by atoms with Crippen molar-refractivity contribution in [2.24, 2.45) is 5.92 Å². The molecule has 1 aliphatic carbocycles. The van der Waals surface area contributed by atoms with Gasteiger partial charge in [-0.1, -0.05) is 25.0 Å². The maximum atomic E-state index is 13.4. The van der Waals surface area contributed by atoms with Gasteiger partial charge in [-0.3, -0.25) is 4.79 Å². The fraction of sp³-hybridized carbons (Fsp3) is 0.667. The molecular formula is C21H30N2O5S. The molecule has 8 heteroatoms. The van der Waals surface area contributed by atoms with Crippen LogP contribution in [-0.4, -0.2) is 69.0 Å². The summed E-state index contributed by atoms with van der Waals surface area (Å²) in [7, 11) is -2.14. The number of carbonyl (C=O) groups excluding carboxylic acids is 1. The van der Waals surface area contributed by atoms with Crippen LogP contribution in [0.3, 0.4) is 0 Å². The maximum absolute atomic E-state index is 13.4. The van der Waals surface area contributed by atoms with Crippen molar-refractivity contribution in [3.8, 4) is 5.75 Å². The lowest BCUT2D eigenvalue weighted by Gasteiger charge is -2.31. The van der Waals surface area contributed by atoms with E-state index in [1.165, 1.54) is 4.31 Å². The minimum Gasteiger partial charge on any atom is -0.487 e.